The predicted octanol–water partition coefficient (Wildman–Crippen LogP) is 1.29. The number of esters is 1. The molecule has 2 N–H and O–H groups in total. The highest BCUT2D eigenvalue weighted by atomic mass is 16.6. The van der Waals surface area contributed by atoms with E-state index in [0.29, 0.717) is 38.6 Å². The maximum Gasteiger partial charge on any atom is 0.321 e. The Bertz CT molecular complexity index is 945. The Morgan fingerprint density at radius 3 is 2.97 bits per heavy atom. The molecule has 29 heavy (non-hydrogen) atoms. The van der Waals surface area contributed by atoms with Crippen LogP contribution in [0, 0.1) is 40.9 Å². The van der Waals surface area contributed by atoms with Gasteiger partial charge in [-0.15, -0.1) is 12.3 Å². The quantitative estimate of drug-likeness (QED) is 0.247. The molecule has 0 aromatic rings. The van der Waals surface area contributed by atoms with E-state index in [1.807, 2.05) is 0 Å². The number of carbonyl (C=O) groups excluding carboxylic acids is 3. The molecule has 4 fully saturated rings. The minimum absolute atomic E-state index is 0.141. The van der Waals surface area contributed by atoms with Crippen molar-refractivity contribution in [1.82, 2.24) is 5.32 Å². The minimum atomic E-state index is -1.39. The van der Waals surface area contributed by atoms with E-state index < -0.39 is 39.8 Å². The van der Waals surface area contributed by atoms with Crippen LogP contribution in [0.4, 0.5) is 0 Å². The van der Waals surface area contributed by atoms with Crippen molar-refractivity contribution in [2.75, 3.05) is 6.54 Å². The molecule has 152 valence electrons. The molecular formula is C23H25NO5. The molecule has 1 heterocycles. The third-order valence-corrected chi connectivity index (χ3v) is 8.52. The van der Waals surface area contributed by atoms with Crippen LogP contribution < -0.4 is 5.32 Å². The van der Waals surface area contributed by atoms with Crippen molar-refractivity contribution in [3.05, 3.63) is 24.3 Å². The fraction of sp³-hybridized carbons (Fsp3) is 0.609. The lowest BCUT2D eigenvalue weighted by atomic mass is 9.61. The summed E-state index contributed by atoms with van der Waals surface area (Å²) in [5.74, 6) is 0.0529. The SMILES string of the molecule is C#CCCNC(=O)[C@H]1[C@@H]2[C@@]3(C)C(=O)C=C[C@@]2(OC3=O)[C@@H]2CC[C@]3(O)C[C@@]21CC3=C. The molecule has 6 heteroatoms. The lowest BCUT2D eigenvalue weighted by Gasteiger charge is -2.44. The van der Waals surface area contributed by atoms with Crippen LogP contribution in [0.2, 0.25) is 0 Å². The summed E-state index contributed by atoms with van der Waals surface area (Å²) in [6.07, 6.45) is 10.9. The van der Waals surface area contributed by atoms with Crippen LogP contribution in [-0.4, -0.2) is 40.5 Å². The Hall–Kier alpha value is -2.39. The summed E-state index contributed by atoms with van der Waals surface area (Å²) in [6, 6.07) is 0. The summed E-state index contributed by atoms with van der Waals surface area (Å²) in [5, 5.41) is 14.1. The number of hydrogen-bond acceptors (Lipinski definition) is 5. The molecule has 1 amide bonds. The largest absolute Gasteiger partial charge is 0.453 e. The van der Waals surface area contributed by atoms with E-state index in [-0.39, 0.29) is 17.6 Å². The number of fused-ring (bicyclic) bond motifs is 1. The zero-order chi connectivity index (χ0) is 20.8. The van der Waals surface area contributed by atoms with Crippen LogP contribution in [0.5, 0.6) is 0 Å². The van der Waals surface area contributed by atoms with Gasteiger partial charge in [-0.1, -0.05) is 6.58 Å². The fourth-order valence-corrected chi connectivity index (χ4v) is 7.38. The fourth-order valence-electron chi connectivity index (χ4n) is 7.38. The zero-order valence-electron chi connectivity index (χ0n) is 16.5. The van der Waals surface area contributed by atoms with Crippen LogP contribution in [-0.2, 0) is 19.1 Å². The highest BCUT2D eigenvalue weighted by molar-refractivity contribution is 6.13. The van der Waals surface area contributed by atoms with Crippen LogP contribution in [0.15, 0.2) is 24.3 Å². The van der Waals surface area contributed by atoms with Gasteiger partial charge in [0.05, 0.1) is 11.5 Å². The molecular weight excluding hydrogens is 370 g/mol. The van der Waals surface area contributed by atoms with Crippen molar-refractivity contribution in [3.8, 4) is 12.3 Å². The van der Waals surface area contributed by atoms with Gasteiger partial charge in [0, 0.05) is 24.8 Å². The molecule has 3 saturated carbocycles. The number of allylic oxidation sites excluding steroid dienone is 1. The molecule has 1 spiro atoms. The van der Waals surface area contributed by atoms with E-state index in [4.69, 9.17) is 11.2 Å². The monoisotopic (exact) mass is 395 g/mol. The second-order valence-corrected chi connectivity index (χ2v) is 9.66. The first kappa shape index (κ1) is 18.6. The molecule has 0 unspecified atom stereocenters. The summed E-state index contributed by atoms with van der Waals surface area (Å²) in [6.45, 7) is 6.05. The number of aliphatic hydroxyl groups is 1. The van der Waals surface area contributed by atoms with Gasteiger partial charge >= 0.3 is 5.97 Å². The van der Waals surface area contributed by atoms with Crippen molar-refractivity contribution < 1.29 is 24.2 Å². The van der Waals surface area contributed by atoms with E-state index >= 15 is 0 Å². The molecule has 5 rings (SSSR count). The van der Waals surface area contributed by atoms with Gasteiger partial charge in [0.15, 0.2) is 5.78 Å². The molecule has 0 aromatic heterocycles. The first-order valence-electron chi connectivity index (χ1n) is 10.2. The summed E-state index contributed by atoms with van der Waals surface area (Å²) >= 11 is 0. The topological polar surface area (TPSA) is 92.7 Å². The zero-order valence-corrected chi connectivity index (χ0v) is 16.5. The number of terminal acetylenes is 1. The predicted molar refractivity (Wildman–Crippen MR) is 103 cm³/mol. The van der Waals surface area contributed by atoms with Crippen molar-refractivity contribution in [1.29, 1.82) is 0 Å². The van der Waals surface area contributed by atoms with Gasteiger partial charge in [-0.2, -0.15) is 0 Å². The van der Waals surface area contributed by atoms with Crippen LogP contribution in [0.3, 0.4) is 0 Å². The second-order valence-electron chi connectivity index (χ2n) is 9.66. The van der Waals surface area contributed by atoms with E-state index in [1.165, 1.54) is 6.08 Å². The van der Waals surface area contributed by atoms with Gasteiger partial charge in [-0.05, 0) is 55.7 Å². The van der Waals surface area contributed by atoms with Crippen molar-refractivity contribution in [2.45, 2.75) is 50.2 Å². The molecule has 4 aliphatic carbocycles. The minimum Gasteiger partial charge on any atom is -0.453 e. The summed E-state index contributed by atoms with van der Waals surface area (Å²) in [4.78, 5) is 39.3. The van der Waals surface area contributed by atoms with Crippen molar-refractivity contribution in [2.24, 2.45) is 28.6 Å². The normalized spacial score (nSPS) is 48.7. The Morgan fingerprint density at radius 1 is 1.48 bits per heavy atom. The molecule has 1 aliphatic heterocycles. The van der Waals surface area contributed by atoms with Crippen molar-refractivity contribution in [3.63, 3.8) is 0 Å². The number of rotatable bonds is 3. The number of amides is 1. The number of ketones is 1. The third-order valence-electron chi connectivity index (χ3n) is 8.52. The van der Waals surface area contributed by atoms with Gasteiger partial charge in [0.2, 0.25) is 5.91 Å². The number of ether oxygens (including phenoxy) is 1. The molecule has 5 aliphatic rings. The number of carbonyl (C=O) groups is 3. The van der Waals surface area contributed by atoms with E-state index in [1.54, 1.807) is 13.0 Å². The van der Waals surface area contributed by atoms with Gasteiger partial charge in [0.1, 0.15) is 11.0 Å². The molecule has 6 nitrogen and oxygen atoms in total. The lowest BCUT2D eigenvalue weighted by molar-refractivity contribution is -0.159. The second kappa shape index (κ2) is 5.40. The highest BCUT2D eigenvalue weighted by Gasteiger charge is 2.83. The van der Waals surface area contributed by atoms with Crippen LogP contribution in [0.1, 0.15) is 39.0 Å². The molecule has 4 bridgehead atoms. The Balaban J connectivity index is 1.69. The first-order chi connectivity index (χ1) is 13.7. The summed E-state index contributed by atoms with van der Waals surface area (Å²) in [5.41, 5.74) is -3.24. The van der Waals surface area contributed by atoms with Crippen LogP contribution in [0.25, 0.3) is 0 Å². The first-order valence-corrected chi connectivity index (χ1v) is 10.2. The smallest absolute Gasteiger partial charge is 0.321 e. The highest BCUT2D eigenvalue weighted by Crippen LogP contribution is 2.77. The summed E-state index contributed by atoms with van der Waals surface area (Å²) in [7, 11) is 0. The number of nitrogens with one attached hydrogen (secondary N) is 1. The van der Waals surface area contributed by atoms with Gasteiger partial charge < -0.3 is 15.2 Å². The molecule has 0 radical (unpaired) electrons. The van der Waals surface area contributed by atoms with E-state index in [9.17, 15) is 19.5 Å². The summed E-state index contributed by atoms with van der Waals surface area (Å²) < 4.78 is 5.99. The average molecular weight is 395 g/mol. The average Bonchev–Trinajstić information content (AvgIpc) is 3.09. The third kappa shape index (κ3) is 1.90. The van der Waals surface area contributed by atoms with Crippen molar-refractivity contribution >= 4 is 17.7 Å². The molecule has 1 saturated heterocycles. The number of hydrogen-bond donors (Lipinski definition) is 2. The Kier molecular flexibility index (Phi) is 3.47. The maximum atomic E-state index is 13.5. The standard InChI is InChI=1S/C23H25NO5/c1-4-5-10-24-18(26)16-17-20(3)15(25)7-9-23(17,29-19(20)27)14-6-8-22(28)12-21(14,16)11-13(22)2/h1,7,9,14,16-17,28H,2,5-6,8,10-12H2,3H3,(H,24,26)/t14-,16-,17-,20-,21+,22+,23-/m1/s1. The Morgan fingerprint density at radius 2 is 2.24 bits per heavy atom. The van der Waals surface area contributed by atoms with Gasteiger partial charge in [0.25, 0.3) is 0 Å². The molecule has 0 aromatic carbocycles. The van der Waals surface area contributed by atoms with Crippen LogP contribution >= 0.6 is 0 Å². The maximum absolute atomic E-state index is 13.5. The Labute approximate surface area is 169 Å². The van der Waals surface area contributed by atoms with Gasteiger partial charge in [-0.3, -0.25) is 14.4 Å². The van der Waals surface area contributed by atoms with Gasteiger partial charge in [-0.25, -0.2) is 0 Å². The molecule has 7 atom stereocenters. The van der Waals surface area contributed by atoms with E-state index in [2.05, 4.69) is 17.8 Å². The van der Waals surface area contributed by atoms with E-state index in [0.717, 1.165) is 5.57 Å². The lowest BCUT2D eigenvalue weighted by Crippen LogP contribution is -2.51.